The van der Waals surface area contributed by atoms with Gasteiger partial charge in [-0.3, -0.25) is 0 Å². The van der Waals surface area contributed by atoms with E-state index in [2.05, 4.69) is 52.1 Å². The third kappa shape index (κ3) is 6.40. The fourth-order valence-electron chi connectivity index (χ4n) is 1.94. The minimum atomic E-state index is 0.0959. The Morgan fingerprint density at radius 2 is 1.75 bits per heavy atom. The zero-order chi connectivity index (χ0) is 15.0. The molecule has 3 nitrogen and oxygen atoms in total. The molecule has 1 aromatic rings. The molecule has 1 aromatic carbocycles. The second kappa shape index (κ2) is 8.28. The van der Waals surface area contributed by atoms with Crippen LogP contribution in [-0.2, 0) is 10.2 Å². The molecule has 0 fully saturated rings. The van der Waals surface area contributed by atoms with Gasteiger partial charge in [0, 0.05) is 12.6 Å². The number of rotatable bonds is 8. The highest BCUT2D eigenvalue weighted by molar-refractivity contribution is 5.38. The van der Waals surface area contributed by atoms with Crippen molar-refractivity contribution in [2.45, 2.75) is 46.1 Å². The quantitative estimate of drug-likeness (QED) is 0.740. The zero-order valence-corrected chi connectivity index (χ0v) is 13.5. The van der Waals surface area contributed by atoms with Gasteiger partial charge >= 0.3 is 0 Å². The number of nitrogens with one attached hydrogen (secondary N) is 1. The molecule has 114 valence electrons. The Morgan fingerprint density at radius 1 is 1.05 bits per heavy atom. The van der Waals surface area contributed by atoms with Gasteiger partial charge in [-0.25, -0.2) is 0 Å². The maximum atomic E-state index is 5.85. The monoisotopic (exact) mass is 279 g/mol. The fraction of sp³-hybridized carbons (Fsp3) is 0.647. The third-order valence-electron chi connectivity index (χ3n) is 2.98. The van der Waals surface area contributed by atoms with Crippen LogP contribution in [0.3, 0.4) is 0 Å². The maximum Gasteiger partial charge on any atom is 0.123 e. The number of benzene rings is 1. The lowest BCUT2D eigenvalue weighted by molar-refractivity contribution is 0.100. The third-order valence-corrected chi connectivity index (χ3v) is 2.98. The van der Waals surface area contributed by atoms with Crippen molar-refractivity contribution in [3.05, 3.63) is 29.8 Å². The first-order chi connectivity index (χ1) is 9.41. The van der Waals surface area contributed by atoms with E-state index in [1.165, 1.54) is 5.56 Å². The van der Waals surface area contributed by atoms with Gasteiger partial charge in [0.15, 0.2) is 0 Å². The molecule has 0 atom stereocenters. The van der Waals surface area contributed by atoms with E-state index in [9.17, 15) is 0 Å². The first-order valence-corrected chi connectivity index (χ1v) is 7.44. The van der Waals surface area contributed by atoms with Crippen LogP contribution >= 0.6 is 0 Å². The molecule has 0 radical (unpaired) electrons. The minimum Gasteiger partial charge on any atom is -0.491 e. The maximum absolute atomic E-state index is 5.85. The lowest BCUT2D eigenvalue weighted by Gasteiger charge is -2.22. The minimum absolute atomic E-state index is 0.0959. The van der Waals surface area contributed by atoms with Gasteiger partial charge in [0.05, 0.1) is 13.2 Å². The molecule has 0 aliphatic carbocycles. The molecule has 0 heterocycles. The van der Waals surface area contributed by atoms with Crippen molar-refractivity contribution >= 4 is 0 Å². The highest BCUT2D eigenvalue weighted by Crippen LogP contribution is 2.30. The summed E-state index contributed by atoms with van der Waals surface area (Å²) in [6, 6.07) is 8.73. The number of hydrogen-bond acceptors (Lipinski definition) is 3. The summed E-state index contributed by atoms with van der Waals surface area (Å²) in [6.45, 7) is 13.7. The first-order valence-electron chi connectivity index (χ1n) is 7.44. The summed E-state index contributed by atoms with van der Waals surface area (Å²) >= 11 is 0. The second-order valence-corrected chi connectivity index (χ2v) is 6.32. The van der Waals surface area contributed by atoms with E-state index in [1.807, 2.05) is 12.1 Å². The summed E-state index contributed by atoms with van der Waals surface area (Å²) in [5.74, 6) is 0.962. The van der Waals surface area contributed by atoms with E-state index in [1.54, 1.807) is 0 Å². The van der Waals surface area contributed by atoms with Crippen molar-refractivity contribution in [2.24, 2.45) is 0 Å². The van der Waals surface area contributed by atoms with Crippen LogP contribution in [0.25, 0.3) is 0 Å². The van der Waals surface area contributed by atoms with Crippen molar-refractivity contribution in [1.29, 1.82) is 0 Å². The molecule has 1 rings (SSSR count). The van der Waals surface area contributed by atoms with Gasteiger partial charge in [0.25, 0.3) is 0 Å². The van der Waals surface area contributed by atoms with Crippen molar-refractivity contribution in [2.75, 3.05) is 26.4 Å². The topological polar surface area (TPSA) is 30.5 Å². The molecular formula is C17H29NO2. The van der Waals surface area contributed by atoms with Crippen LogP contribution in [-0.4, -0.2) is 32.4 Å². The van der Waals surface area contributed by atoms with Gasteiger partial charge in [-0.1, -0.05) is 52.8 Å². The summed E-state index contributed by atoms with van der Waals surface area (Å²) in [7, 11) is 0. The van der Waals surface area contributed by atoms with E-state index in [0.29, 0.717) is 19.3 Å². The Labute approximate surface area is 123 Å². The molecule has 3 heteroatoms. The van der Waals surface area contributed by atoms with E-state index in [0.717, 1.165) is 18.9 Å². The Kier molecular flexibility index (Phi) is 7.03. The molecule has 1 N–H and O–H groups in total. The van der Waals surface area contributed by atoms with Gasteiger partial charge in [-0.05, 0) is 17.0 Å². The first kappa shape index (κ1) is 17.0. The molecule has 0 aliphatic heterocycles. The van der Waals surface area contributed by atoms with Crippen LogP contribution in [0.2, 0.25) is 0 Å². The lowest BCUT2D eigenvalue weighted by Crippen LogP contribution is -2.27. The SMILES string of the molecule is CC(C)NCCOCCOc1ccccc1C(C)(C)C. The standard InChI is InChI=1S/C17H29NO2/c1-14(2)18-10-11-19-12-13-20-16-9-7-6-8-15(16)17(3,4)5/h6-9,14,18H,10-13H2,1-5H3. The second-order valence-electron chi connectivity index (χ2n) is 6.32. The zero-order valence-electron chi connectivity index (χ0n) is 13.5. The van der Waals surface area contributed by atoms with Crippen LogP contribution in [0.4, 0.5) is 0 Å². The van der Waals surface area contributed by atoms with Crippen LogP contribution in [0.5, 0.6) is 5.75 Å². The summed E-state index contributed by atoms with van der Waals surface area (Å²) in [5.41, 5.74) is 1.33. The van der Waals surface area contributed by atoms with E-state index >= 15 is 0 Å². The van der Waals surface area contributed by atoms with E-state index in [-0.39, 0.29) is 5.41 Å². The highest BCUT2D eigenvalue weighted by atomic mass is 16.5. The molecular weight excluding hydrogens is 250 g/mol. The van der Waals surface area contributed by atoms with Crippen LogP contribution in [0.1, 0.15) is 40.2 Å². The molecule has 0 saturated carbocycles. The number of hydrogen-bond donors (Lipinski definition) is 1. The Bertz CT molecular complexity index is 383. The van der Waals surface area contributed by atoms with Crippen LogP contribution < -0.4 is 10.1 Å². The summed E-state index contributed by atoms with van der Waals surface area (Å²) < 4.78 is 11.4. The Hall–Kier alpha value is -1.06. The molecule has 0 aromatic heterocycles. The molecule has 0 unspecified atom stereocenters. The van der Waals surface area contributed by atoms with E-state index in [4.69, 9.17) is 9.47 Å². The molecule has 0 aliphatic rings. The Balaban J connectivity index is 2.29. The number of ether oxygens (including phenoxy) is 2. The highest BCUT2D eigenvalue weighted by Gasteiger charge is 2.18. The predicted octanol–water partition coefficient (Wildman–Crippen LogP) is 3.38. The van der Waals surface area contributed by atoms with Gasteiger partial charge in [0.2, 0.25) is 0 Å². The molecule has 20 heavy (non-hydrogen) atoms. The molecule has 0 bridgehead atoms. The largest absolute Gasteiger partial charge is 0.491 e. The van der Waals surface area contributed by atoms with Gasteiger partial charge in [-0.2, -0.15) is 0 Å². The number of para-hydroxylation sites is 1. The Morgan fingerprint density at radius 3 is 2.40 bits per heavy atom. The van der Waals surface area contributed by atoms with Crippen molar-refractivity contribution in [1.82, 2.24) is 5.32 Å². The normalized spacial score (nSPS) is 11.9. The van der Waals surface area contributed by atoms with Gasteiger partial charge in [0.1, 0.15) is 12.4 Å². The molecule has 0 saturated heterocycles. The molecule has 0 spiro atoms. The van der Waals surface area contributed by atoms with Crippen molar-refractivity contribution in [3.8, 4) is 5.75 Å². The van der Waals surface area contributed by atoms with E-state index < -0.39 is 0 Å². The van der Waals surface area contributed by atoms with Crippen molar-refractivity contribution in [3.63, 3.8) is 0 Å². The summed E-state index contributed by atoms with van der Waals surface area (Å²) in [4.78, 5) is 0. The smallest absolute Gasteiger partial charge is 0.123 e. The average molecular weight is 279 g/mol. The van der Waals surface area contributed by atoms with Crippen LogP contribution in [0, 0.1) is 0 Å². The molecule has 0 amide bonds. The van der Waals surface area contributed by atoms with Crippen molar-refractivity contribution < 1.29 is 9.47 Å². The summed E-state index contributed by atoms with van der Waals surface area (Å²) in [6.07, 6.45) is 0. The predicted molar refractivity (Wildman–Crippen MR) is 84.6 cm³/mol. The summed E-state index contributed by atoms with van der Waals surface area (Å²) in [5, 5.41) is 3.32. The van der Waals surface area contributed by atoms with Gasteiger partial charge in [-0.15, -0.1) is 0 Å². The fourth-order valence-corrected chi connectivity index (χ4v) is 1.94. The van der Waals surface area contributed by atoms with Gasteiger partial charge < -0.3 is 14.8 Å². The lowest BCUT2D eigenvalue weighted by atomic mass is 9.86. The average Bonchev–Trinajstić information content (AvgIpc) is 2.36. The van der Waals surface area contributed by atoms with Crippen LogP contribution in [0.15, 0.2) is 24.3 Å².